The maximum absolute atomic E-state index is 12.6. The first-order valence-corrected chi connectivity index (χ1v) is 9.26. The number of carbonyl (C=O) groups excluding carboxylic acids is 1. The molecule has 2 amide bonds. The molecule has 24 heavy (non-hydrogen) atoms. The predicted molar refractivity (Wildman–Crippen MR) is 92.5 cm³/mol. The van der Waals surface area contributed by atoms with Gasteiger partial charge < -0.3 is 15.3 Å². The minimum atomic E-state index is -0.835. The molecule has 3 saturated heterocycles. The van der Waals surface area contributed by atoms with E-state index in [0.29, 0.717) is 12.5 Å². The van der Waals surface area contributed by atoms with Crippen LogP contribution in [0.2, 0.25) is 0 Å². The average Bonchev–Trinajstić information content (AvgIpc) is 2.61. The summed E-state index contributed by atoms with van der Waals surface area (Å²) in [4.78, 5) is 28.7. The summed E-state index contributed by atoms with van der Waals surface area (Å²) in [5, 5.41) is 11.8. The van der Waals surface area contributed by atoms with Crippen LogP contribution >= 0.6 is 11.8 Å². The van der Waals surface area contributed by atoms with Gasteiger partial charge in [0.25, 0.3) is 0 Å². The van der Waals surface area contributed by atoms with E-state index in [1.165, 1.54) is 24.6 Å². The number of allylic oxidation sites excluding steroid dienone is 1. The Kier molecular flexibility index (Phi) is 4.14. The number of nitrogens with one attached hydrogen (secondary N) is 1. The van der Waals surface area contributed by atoms with Crippen molar-refractivity contribution in [1.82, 2.24) is 15.1 Å². The quantitative estimate of drug-likeness (QED) is 0.794. The van der Waals surface area contributed by atoms with Crippen molar-refractivity contribution >= 4 is 23.8 Å². The summed E-state index contributed by atoms with van der Waals surface area (Å²) in [5.41, 5.74) is 1.00. The number of piperidine rings is 3. The molecule has 3 fully saturated rings. The second-order valence-corrected chi connectivity index (χ2v) is 7.95. The van der Waals surface area contributed by atoms with E-state index in [1.807, 2.05) is 12.2 Å². The van der Waals surface area contributed by atoms with Crippen LogP contribution in [0.3, 0.4) is 0 Å². The Balaban J connectivity index is 1.37. The predicted octanol–water partition coefficient (Wildman–Crippen LogP) is 1.63. The smallest absolute Gasteiger partial charge is 0.321 e. The number of urea groups is 1. The van der Waals surface area contributed by atoms with Gasteiger partial charge in [0.15, 0.2) is 0 Å². The van der Waals surface area contributed by atoms with Crippen LogP contribution in [0.1, 0.15) is 12.8 Å². The molecule has 6 nitrogen and oxygen atoms in total. The molecule has 5 aliphatic rings. The highest BCUT2D eigenvalue weighted by Gasteiger charge is 2.35. The zero-order valence-electron chi connectivity index (χ0n) is 13.4. The fraction of sp³-hybridized carbons (Fsp3) is 0.529. The van der Waals surface area contributed by atoms with Crippen molar-refractivity contribution < 1.29 is 14.7 Å². The molecule has 5 heterocycles. The van der Waals surface area contributed by atoms with Crippen molar-refractivity contribution in [1.29, 1.82) is 0 Å². The lowest BCUT2D eigenvalue weighted by Crippen LogP contribution is -2.58. The molecule has 128 valence electrons. The summed E-state index contributed by atoms with van der Waals surface area (Å²) in [7, 11) is 0. The van der Waals surface area contributed by atoms with Gasteiger partial charge in [-0.25, -0.2) is 4.79 Å². The maximum Gasteiger partial charge on any atom is 0.321 e. The van der Waals surface area contributed by atoms with Crippen molar-refractivity contribution in [2.75, 3.05) is 26.2 Å². The molecule has 0 aliphatic carbocycles. The van der Waals surface area contributed by atoms with E-state index in [-0.39, 0.29) is 12.1 Å². The zero-order valence-corrected chi connectivity index (χ0v) is 14.2. The van der Waals surface area contributed by atoms with Gasteiger partial charge in [-0.3, -0.25) is 9.69 Å². The molecule has 0 radical (unpaired) electrons. The molecule has 5 rings (SSSR count). The molecule has 0 aromatic heterocycles. The summed E-state index contributed by atoms with van der Waals surface area (Å²) in [5.74, 6) is -0.234. The van der Waals surface area contributed by atoms with Crippen molar-refractivity contribution in [2.24, 2.45) is 5.92 Å². The number of hydrogen-bond donors (Lipinski definition) is 2. The van der Waals surface area contributed by atoms with E-state index in [2.05, 4.69) is 10.2 Å². The number of thioether (sulfide) groups is 1. The molecular weight excluding hydrogens is 326 g/mol. The molecule has 0 saturated carbocycles. The molecular formula is C17H21N3O3S. The lowest BCUT2D eigenvalue weighted by Gasteiger charge is -2.45. The highest BCUT2D eigenvalue weighted by atomic mass is 32.2. The SMILES string of the molecule is O=C(O)C1C=CC2=C(C=CN(C(=O)N[C@H]3CN4CCC3CC4)C2)S1. The molecule has 0 spiro atoms. The van der Waals surface area contributed by atoms with Gasteiger partial charge in [0, 0.05) is 23.7 Å². The maximum atomic E-state index is 12.6. The van der Waals surface area contributed by atoms with Crippen LogP contribution in [-0.4, -0.2) is 64.4 Å². The van der Waals surface area contributed by atoms with Gasteiger partial charge in [0.05, 0.1) is 6.54 Å². The third kappa shape index (κ3) is 2.98. The van der Waals surface area contributed by atoms with Crippen molar-refractivity contribution in [3.8, 4) is 0 Å². The number of rotatable bonds is 2. The van der Waals surface area contributed by atoms with Crippen LogP contribution in [0.5, 0.6) is 0 Å². The Labute approximate surface area is 145 Å². The largest absolute Gasteiger partial charge is 0.480 e. The summed E-state index contributed by atoms with van der Waals surface area (Å²) < 4.78 is 0. The Hall–Kier alpha value is -1.73. The first-order chi connectivity index (χ1) is 11.6. The number of aliphatic carboxylic acids is 1. The Morgan fingerprint density at radius 1 is 1.25 bits per heavy atom. The Morgan fingerprint density at radius 2 is 2.04 bits per heavy atom. The first kappa shape index (κ1) is 15.8. The number of carboxylic acids is 1. The molecule has 0 aromatic carbocycles. The van der Waals surface area contributed by atoms with Crippen LogP contribution in [0.25, 0.3) is 0 Å². The highest BCUT2D eigenvalue weighted by molar-refractivity contribution is 8.04. The van der Waals surface area contributed by atoms with E-state index in [0.717, 1.165) is 30.1 Å². The van der Waals surface area contributed by atoms with Crippen LogP contribution in [0, 0.1) is 5.92 Å². The number of fused-ring (bicyclic) bond motifs is 3. The molecule has 5 aliphatic heterocycles. The Bertz CT molecular complexity index is 649. The average molecular weight is 347 g/mol. The molecule has 2 atom stereocenters. The molecule has 0 aromatic rings. The van der Waals surface area contributed by atoms with E-state index in [1.54, 1.807) is 17.2 Å². The van der Waals surface area contributed by atoms with E-state index in [9.17, 15) is 9.59 Å². The third-order valence-corrected chi connectivity index (χ3v) is 6.52. The van der Waals surface area contributed by atoms with Gasteiger partial charge >= 0.3 is 12.0 Å². The monoisotopic (exact) mass is 347 g/mol. The minimum Gasteiger partial charge on any atom is -0.480 e. The van der Waals surface area contributed by atoms with Gasteiger partial charge in [-0.2, -0.15) is 0 Å². The van der Waals surface area contributed by atoms with E-state index >= 15 is 0 Å². The number of amides is 2. The number of carbonyl (C=O) groups is 2. The summed E-state index contributed by atoms with van der Waals surface area (Å²) >= 11 is 1.32. The van der Waals surface area contributed by atoms with Crippen molar-refractivity contribution in [3.63, 3.8) is 0 Å². The second kappa shape index (κ2) is 6.29. The standard InChI is InChI=1S/C17H21N3O3S/c21-16(22)15-2-1-12-9-20(8-5-14(12)24-15)17(23)18-13-10-19-6-3-11(13)4-7-19/h1-2,5,8,11,13,15H,3-4,6-7,9-10H2,(H,18,23)(H,21,22)/t13-,15?/m0/s1. The molecule has 1 unspecified atom stereocenters. The van der Waals surface area contributed by atoms with Gasteiger partial charge in [0.1, 0.15) is 5.25 Å². The third-order valence-electron chi connectivity index (χ3n) is 5.26. The van der Waals surface area contributed by atoms with Crippen LogP contribution < -0.4 is 5.32 Å². The number of hydrogen-bond acceptors (Lipinski definition) is 4. The molecule has 2 bridgehead atoms. The first-order valence-electron chi connectivity index (χ1n) is 8.38. The van der Waals surface area contributed by atoms with Gasteiger partial charge in [-0.05, 0) is 43.5 Å². The van der Waals surface area contributed by atoms with Crippen LogP contribution in [0.4, 0.5) is 4.79 Å². The topological polar surface area (TPSA) is 72.9 Å². The van der Waals surface area contributed by atoms with Crippen LogP contribution in [-0.2, 0) is 4.79 Å². The fourth-order valence-electron chi connectivity index (χ4n) is 3.85. The second-order valence-electron chi connectivity index (χ2n) is 6.76. The lowest BCUT2D eigenvalue weighted by atomic mass is 9.84. The number of carboxylic acid groups (broad SMARTS) is 1. The molecule has 7 heteroatoms. The normalized spacial score (nSPS) is 34.2. The fourth-order valence-corrected chi connectivity index (χ4v) is 4.81. The van der Waals surface area contributed by atoms with Gasteiger partial charge in [-0.1, -0.05) is 12.2 Å². The van der Waals surface area contributed by atoms with E-state index < -0.39 is 11.2 Å². The lowest BCUT2D eigenvalue weighted by molar-refractivity contribution is -0.135. The Morgan fingerprint density at radius 3 is 2.71 bits per heavy atom. The minimum absolute atomic E-state index is 0.0599. The highest BCUT2D eigenvalue weighted by Crippen LogP contribution is 2.35. The van der Waals surface area contributed by atoms with Gasteiger partial charge in [-0.15, -0.1) is 11.8 Å². The van der Waals surface area contributed by atoms with E-state index in [4.69, 9.17) is 5.11 Å². The van der Waals surface area contributed by atoms with Crippen molar-refractivity contribution in [2.45, 2.75) is 24.1 Å². The van der Waals surface area contributed by atoms with Crippen LogP contribution in [0.15, 0.2) is 34.9 Å². The number of nitrogens with zero attached hydrogens (tertiary/aromatic N) is 2. The summed E-state index contributed by atoms with van der Waals surface area (Å²) in [6, 6.07) is 0.187. The zero-order chi connectivity index (χ0) is 16.7. The summed E-state index contributed by atoms with van der Waals surface area (Å²) in [6.07, 6.45) is 9.48. The van der Waals surface area contributed by atoms with Gasteiger partial charge in [0.2, 0.25) is 0 Å². The van der Waals surface area contributed by atoms with Crippen molar-refractivity contribution in [3.05, 3.63) is 34.9 Å². The molecule has 2 N–H and O–H groups in total. The summed E-state index contributed by atoms with van der Waals surface area (Å²) in [6.45, 7) is 3.76.